The summed E-state index contributed by atoms with van der Waals surface area (Å²) in [5.74, 6) is -1.57. The van der Waals surface area contributed by atoms with Gasteiger partial charge in [-0.2, -0.15) is 0 Å². The lowest BCUT2D eigenvalue weighted by atomic mass is 10.0. The Labute approximate surface area is 128 Å². The molecule has 0 unspecified atom stereocenters. The first-order chi connectivity index (χ1) is 9.99. The summed E-state index contributed by atoms with van der Waals surface area (Å²) in [5, 5.41) is 0. The lowest BCUT2D eigenvalue weighted by molar-refractivity contribution is 0.103. The molecular weight excluding hydrogens is 346 g/mol. The first-order valence-corrected chi connectivity index (χ1v) is 6.69. The van der Waals surface area contributed by atoms with E-state index in [-0.39, 0.29) is 16.9 Å². The van der Waals surface area contributed by atoms with E-state index in [0.717, 1.165) is 12.1 Å². The molecule has 2 aromatic rings. The zero-order valence-electron chi connectivity index (χ0n) is 11.2. The maximum atomic E-state index is 13.7. The van der Waals surface area contributed by atoms with Crippen molar-refractivity contribution in [2.45, 2.75) is 0 Å². The summed E-state index contributed by atoms with van der Waals surface area (Å²) < 4.78 is 37.4. The van der Waals surface area contributed by atoms with Gasteiger partial charge >= 0.3 is 0 Å². The number of hydrogen-bond donors (Lipinski definition) is 0. The van der Waals surface area contributed by atoms with Crippen LogP contribution in [0.4, 0.5) is 8.78 Å². The molecule has 0 aliphatic heterocycles. The number of halogens is 3. The summed E-state index contributed by atoms with van der Waals surface area (Å²) in [5.41, 5.74) is -0.0811. The number of carbonyl (C=O) groups excluding carboxylic acids is 1. The fourth-order valence-corrected chi connectivity index (χ4v) is 2.56. The van der Waals surface area contributed by atoms with Crippen molar-refractivity contribution in [1.29, 1.82) is 0 Å². The van der Waals surface area contributed by atoms with Crippen molar-refractivity contribution in [2.24, 2.45) is 0 Å². The van der Waals surface area contributed by atoms with E-state index in [1.807, 2.05) is 0 Å². The smallest absolute Gasteiger partial charge is 0.199 e. The predicted molar refractivity (Wildman–Crippen MR) is 77.0 cm³/mol. The van der Waals surface area contributed by atoms with E-state index in [9.17, 15) is 13.6 Å². The number of ketones is 1. The second kappa shape index (κ2) is 6.22. The zero-order chi connectivity index (χ0) is 15.6. The van der Waals surface area contributed by atoms with Gasteiger partial charge in [0.1, 0.15) is 27.6 Å². The molecule has 0 heterocycles. The summed E-state index contributed by atoms with van der Waals surface area (Å²) in [4.78, 5) is 12.4. The molecule has 0 N–H and O–H groups in total. The molecule has 2 rings (SSSR count). The van der Waals surface area contributed by atoms with E-state index in [0.29, 0.717) is 16.3 Å². The van der Waals surface area contributed by atoms with Gasteiger partial charge in [0.15, 0.2) is 5.78 Å². The topological polar surface area (TPSA) is 35.5 Å². The minimum Gasteiger partial charge on any atom is -0.495 e. The third kappa shape index (κ3) is 2.90. The Bertz CT molecular complexity index is 702. The summed E-state index contributed by atoms with van der Waals surface area (Å²) >= 11 is 3.27. The summed E-state index contributed by atoms with van der Waals surface area (Å²) in [6, 6.07) is 5.82. The monoisotopic (exact) mass is 356 g/mol. The summed E-state index contributed by atoms with van der Waals surface area (Å²) in [6.45, 7) is 0. The molecule has 6 heteroatoms. The number of hydrogen-bond acceptors (Lipinski definition) is 3. The number of benzene rings is 2. The molecule has 3 nitrogen and oxygen atoms in total. The van der Waals surface area contributed by atoms with Crippen LogP contribution in [0.5, 0.6) is 11.5 Å². The van der Waals surface area contributed by atoms with Crippen molar-refractivity contribution in [1.82, 2.24) is 0 Å². The van der Waals surface area contributed by atoms with Crippen LogP contribution in [0.1, 0.15) is 15.9 Å². The minimum atomic E-state index is -0.922. The van der Waals surface area contributed by atoms with Crippen LogP contribution in [0, 0.1) is 11.6 Å². The van der Waals surface area contributed by atoms with Crippen molar-refractivity contribution in [2.75, 3.05) is 14.2 Å². The Morgan fingerprint density at radius 3 is 2.29 bits per heavy atom. The van der Waals surface area contributed by atoms with Crippen molar-refractivity contribution < 1.29 is 23.0 Å². The largest absolute Gasteiger partial charge is 0.495 e. The van der Waals surface area contributed by atoms with Gasteiger partial charge in [0, 0.05) is 6.07 Å². The fraction of sp³-hybridized carbons (Fsp3) is 0.133. The number of methoxy groups -OCH3 is 2. The molecule has 0 atom stereocenters. The summed E-state index contributed by atoms with van der Waals surface area (Å²) in [7, 11) is 2.86. The number of ether oxygens (including phenoxy) is 2. The van der Waals surface area contributed by atoms with Gasteiger partial charge in [-0.15, -0.1) is 0 Å². The molecule has 0 saturated carbocycles. The molecular formula is C15H11BrF2O3. The lowest BCUT2D eigenvalue weighted by Crippen LogP contribution is -2.07. The Morgan fingerprint density at radius 2 is 1.71 bits per heavy atom. The lowest BCUT2D eigenvalue weighted by Gasteiger charge is -2.13. The Morgan fingerprint density at radius 1 is 1.05 bits per heavy atom. The molecule has 0 amide bonds. The average Bonchev–Trinajstić information content (AvgIpc) is 2.46. The van der Waals surface area contributed by atoms with E-state index >= 15 is 0 Å². The molecule has 0 bridgehead atoms. The molecule has 0 aliphatic carbocycles. The van der Waals surface area contributed by atoms with Crippen LogP contribution in [0.2, 0.25) is 0 Å². The second-order valence-electron chi connectivity index (χ2n) is 4.12. The Kier molecular flexibility index (Phi) is 4.57. The van der Waals surface area contributed by atoms with Crippen molar-refractivity contribution in [3.8, 4) is 11.5 Å². The van der Waals surface area contributed by atoms with Crippen LogP contribution < -0.4 is 9.47 Å². The molecule has 0 aromatic heterocycles. The maximum Gasteiger partial charge on any atom is 0.199 e. The molecule has 0 radical (unpaired) electrons. The maximum absolute atomic E-state index is 13.7. The zero-order valence-corrected chi connectivity index (χ0v) is 12.8. The quantitative estimate of drug-likeness (QED) is 0.777. The predicted octanol–water partition coefficient (Wildman–Crippen LogP) is 3.98. The Hall–Kier alpha value is -1.95. The van der Waals surface area contributed by atoms with Gasteiger partial charge in [0.05, 0.1) is 25.3 Å². The van der Waals surface area contributed by atoms with Crippen LogP contribution in [0.25, 0.3) is 0 Å². The van der Waals surface area contributed by atoms with Crippen LogP contribution in [-0.2, 0) is 0 Å². The van der Waals surface area contributed by atoms with E-state index in [2.05, 4.69) is 15.9 Å². The fourth-order valence-electron chi connectivity index (χ4n) is 1.89. The second-order valence-corrected chi connectivity index (χ2v) is 4.91. The van der Waals surface area contributed by atoms with Crippen molar-refractivity contribution >= 4 is 21.7 Å². The van der Waals surface area contributed by atoms with Crippen molar-refractivity contribution in [3.63, 3.8) is 0 Å². The van der Waals surface area contributed by atoms with E-state index in [4.69, 9.17) is 9.47 Å². The third-order valence-corrected chi connectivity index (χ3v) is 3.66. The van der Waals surface area contributed by atoms with E-state index in [1.54, 1.807) is 6.07 Å². The van der Waals surface area contributed by atoms with Gasteiger partial charge in [-0.3, -0.25) is 4.79 Å². The van der Waals surface area contributed by atoms with Gasteiger partial charge < -0.3 is 9.47 Å². The highest BCUT2D eigenvalue weighted by molar-refractivity contribution is 9.10. The van der Waals surface area contributed by atoms with Gasteiger partial charge in [0.2, 0.25) is 0 Å². The van der Waals surface area contributed by atoms with Crippen LogP contribution in [-0.4, -0.2) is 20.0 Å². The first kappa shape index (κ1) is 15.4. The SMILES string of the molecule is COc1ccc(C(=O)c2ccc(F)cc2F)c(OC)c1Br. The van der Waals surface area contributed by atoms with Gasteiger partial charge in [-0.1, -0.05) is 0 Å². The first-order valence-electron chi connectivity index (χ1n) is 5.89. The van der Waals surface area contributed by atoms with Crippen LogP contribution in [0.15, 0.2) is 34.8 Å². The molecule has 0 saturated heterocycles. The minimum absolute atomic E-state index is 0.149. The van der Waals surface area contributed by atoms with Gasteiger partial charge in [-0.05, 0) is 40.2 Å². The van der Waals surface area contributed by atoms with Gasteiger partial charge in [0.25, 0.3) is 0 Å². The summed E-state index contributed by atoms with van der Waals surface area (Å²) in [6.07, 6.45) is 0. The highest BCUT2D eigenvalue weighted by atomic mass is 79.9. The number of carbonyl (C=O) groups is 1. The number of rotatable bonds is 4. The van der Waals surface area contributed by atoms with E-state index in [1.165, 1.54) is 20.3 Å². The Balaban J connectivity index is 2.55. The van der Waals surface area contributed by atoms with Crippen molar-refractivity contribution in [3.05, 3.63) is 57.6 Å². The molecule has 21 heavy (non-hydrogen) atoms. The molecule has 110 valence electrons. The highest BCUT2D eigenvalue weighted by Crippen LogP contribution is 2.38. The third-order valence-electron chi connectivity index (χ3n) is 2.91. The van der Waals surface area contributed by atoms with Crippen LogP contribution >= 0.6 is 15.9 Å². The molecule has 2 aromatic carbocycles. The molecule has 0 aliphatic rings. The normalized spacial score (nSPS) is 10.3. The molecule has 0 fully saturated rings. The van der Waals surface area contributed by atoms with Gasteiger partial charge in [-0.25, -0.2) is 8.78 Å². The standard InChI is InChI=1S/C15H11BrF2O3/c1-20-12-6-5-10(15(21-2)13(12)16)14(19)9-4-3-8(17)7-11(9)18/h3-7H,1-2H3. The molecule has 0 spiro atoms. The van der Waals surface area contributed by atoms with E-state index < -0.39 is 17.4 Å². The average molecular weight is 357 g/mol. The van der Waals surface area contributed by atoms with Crippen LogP contribution in [0.3, 0.4) is 0 Å². The highest BCUT2D eigenvalue weighted by Gasteiger charge is 2.22.